The second kappa shape index (κ2) is 6.47. The second-order valence-electron chi connectivity index (χ2n) is 6.29. The van der Waals surface area contributed by atoms with Crippen molar-refractivity contribution in [2.75, 3.05) is 26.9 Å². The zero-order valence-corrected chi connectivity index (χ0v) is 13.2. The van der Waals surface area contributed by atoms with Crippen LogP contribution in [0.1, 0.15) is 43.2 Å². The van der Waals surface area contributed by atoms with Gasteiger partial charge in [-0.15, -0.1) is 0 Å². The molecule has 0 bridgehead atoms. The molecule has 1 N–H and O–H groups in total. The maximum atomic E-state index is 6.24. The summed E-state index contributed by atoms with van der Waals surface area (Å²) in [5.74, 6) is 0.679. The molecule has 2 atom stereocenters. The average molecular weight is 289 g/mol. The Labute approximate surface area is 128 Å². The van der Waals surface area contributed by atoms with Crippen LogP contribution in [-0.4, -0.2) is 38.5 Å². The van der Waals surface area contributed by atoms with E-state index in [1.165, 1.54) is 17.5 Å². The van der Waals surface area contributed by atoms with E-state index in [1.54, 1.807) is 0 Å². The number of hydrogen-bond acceptors (Lipinski definition) is 3. The van der Waals surface area contributed by atoms with Gasteiger partial charge in [0.1, 0.15) is 0 Å². The van der Waals surface area contributed by atoms with Gasteiger partial charge in [-0.3, -0.25) is 0 Å². The topological polar surface area (TPSA) is 30.5 Å². The van der Waals surface area contributed by atoms with Crippen molar-refractivity contribution >= 4 is 0 Å². The predicted octanol–water partition coefficient (Wildman–Crippen LogP) is 2.89. The highest BCUT2D eigenvalue weighted by molar-refractivity contribution is 5.40. The van der Waals surface area contributed by atoms with Crippen LogP contribution in [0.4, 0.5) is 0 Å². The first-order valence-electron chi connectivity index (χ1n) is 8.26. The van der Waals surface area contributed by atoms with Gasteiger partial charge < -0.3 is 14.8 Å². The summed E-state index contributed by atoms with van der Waals surface area (Å²) in [5, 5.41) is 3.55. The largest absolute Gasteiger partial charge is 0.381 e. The van der Waals surface area contributed by atoms with E-state index in [0.717, 1.165) is 39.1 Å². The molecule has 1 aromatic rings. The highest BCUT2D eigenvalue weighted by atomic mass is 16.5. The van der Waals surface area contributed by atoms with Gasteiger partial charge in [-0.25, -0.2) is 0 Å². The van der Waals surface area contributed by atoms with Crippen LogP contribution in [0.25, 0.3) is 0 Å². The number of benzene rings is 1. The van der Waals surface area contributed by atoms with Crippen molar-refractivity contribution in [1.82, 2.24) is 5.32 Å². The van der Waals surface area contributed by atoms with Gasteiger partial charge in [0, 0.05) is 38.7 Å². The summed E-state index contributed by atoms with van der Waals surface area (Å²) in [6.07, 6.45) is 4.38. The molecule has 2 unspecified atom stereocenters. The summed E-state index contributed by atoms with van der Waals surface area (Å²) in [6.45, 7) is 4.51. The Morgan fingerprint density at radius 3 is 2.76 bits per heavy atom. The summed E-state index contributed by atoms with van der Waals surface area (Å²) in [7, 11) is 2.07. The lowest BCUT2D eigenvalue weighted by molar-refractivity contribution is -0.128. The van der Waals surface area contributed by atoms with Crippen LogP contribution in [0.2, 0.25) is 0 Å². The Hall–Kier alpha value is -0.900. The van der Waals surface area contributed by atoms with Crippen molar-refractivity contribution in [3.05, 3.63) is 35.4 Å². The highest BCUT2D eigenvalue weighted by Gasteiger charge is 2.42. The van der Waals surface area contributed by atoms with Crippen LogP contribution >= 0.6 is 0 Å². The number of ether oxygens (including phenoxy) is 2. The summed E-state index contributed by atoms with van der Waals surface area (Å²) in [4.78, 5) is 0. The molecule has 1 fully saturated rings. The minimum Gasteiger partial charge on any atom is -0.381 e. The van der Waals surface area contributed by atoms with E-state index in [9.17, 15) is 0 Å². The first-order valence-corrected chi connectivity index (χ1v) is 8.26. The van der Waals surface area contributed by atoms with Crippen molar-refractivity contribution in [3.63, 3.8) is 0 Å². The number of likely N-dealkylation sites (N-methyl/N-ethyl adjacent to an activating group) is 1. The number of hydrogen-bond donors (Lipinski definition) is 1. The van der Waals surface area contributed by atoms with Crippen molar-refractivity contribution in [2.45, 2.75) is 50.2 Å². The Morgan fingerprint density at radius 2 is 2.10 bits per heavy atom. The van der Waals surface area contributed by atoms with Crippen LogP contribution in [0.3, 0.4) is 0 Å². The SMILES string of the molecule is CCOC1(C(CC2Cc3ccccc32)NC)CCOCC1. The normalized spacial score (nSPS) is 25.0. The van der Waals surface area contributed by atoms with E-state index in [4.69, 9.17) is 9.47 Å². The lowest BCUT2D eigenvalue weighted by Gasteiger charge is -2.45. The molecule has 1 heterocycles. The molecule has 3 rings (SSSR count). The van der Waals surface area contributed by atoms with Gasteiger partial charge in [-0.05, 0) is 43.9 Å². The predicted molar refractivity (Wildman–Crippen MR) is 84.8 cm³/mol. The van der Waals surface area contributed by atoms with E-state index >= 15 is 0 Å². The Kier molecular flexibility index (Phi) is 4.63. The van der Waals surface area contributed by atoms with Gasteiger partial charge in [0.2, 0.25) is 0 Å². The fraction of sp³-hybridized carbons (Fsp3) is 0.667. The van der Waals surface area contributed by atoms with Crippen LogP contribution < -0.4 is 5.32 Å². The molecule has 0 spiro atoms. The van der Waals surface area contributed by atoms with Crippen molar-refractivity contribution < 1.29 is 9.47 Å². The van der Waals surface area contributed by atoms with Crippen LogP contribution in [0.5, 0.6) is 0 Å². The Morgan fingerprint density at radius 1 is 1.33 bits per heavy atom. The van der Waals surface area contributed by atoms with Crippen LogP contribution in [-0.2, 0) is 15.9 Å². The maximum Gasteiger partial charge on any atom is 0.0878 e. The molecule has 3 nitrogen and oxygen atoms in total. The minimum atomic E-state index is -0.0493. The van der Waals surface area contributed by atoms with E-state index in [1.807, 2.05) is 0 Å². The summed E-state index contributed by atoms with van der Waals surface area (Å²) in [6, 6.07) is 9.25. The molecule has 0 saturated carbocycles. The molecule has 1 aliphatic carbocycles. The molecular formula is C18H27NO2. The molecule has 0 aromatic heterocycles. The first-order chi connectivity index (χ1) is 10.3. The Bertz CT molecular complexity index is 463. The molecule has 116 valence electrons. The highest BCUT2D eigenvalue weighted by Crippen LogP contribution is 2.41. The van der Waals surface area contributed by atoms with Gasteiger partial charge in [0.05, 0.1) is 5.60 Å². The molecule has 1 aromatic carbocycles. The average Bonchev–Trinajstić information content (AvgIpc) is 2.50. The van der Waals surface area contributed by atoms with Gasteiger partial charge in [0.25, 0.3) is 0 Å². The monoisotopic (exact) mass is 289 g/mol. The third-order valence-electron chi connectivity index (χ3n) is 5.24. The first kappa shape index (κ1) is 15.0. The van der Waals surface area contributed by atoms with Gasteiger partial charge >= 0.3 is 0 Å². The van der Waals surface area contributed by atoms with Crippen LogP contribution in [0.15, 0.2) is 24.3 Å². The smallest absolute Gasteiger partial charge is 0.0878 e. The molecule has 1 saturated heterocycles. The number of rotatable bonds is 6. The van der Waals surface area contributed by atoms with Crippen molar-refractivity contribution in [3.8, 4) is 0 Å². The molecule has 2 aliphatic rings. The fourth-order valence-electron chi connectivity index (χ4n) is 4.05. The van der Waals surface area contributed by atoms with E-state index in [-0.39, 0.29) is 5.60 Å². The zero-order valence-electron chi connectivity index (χ0n) is 13.2. The number of nitrogens with one attached hydrogen (secondary N) is 1. The van der Waals surface area contributed by atoms with Gasteiger partial charge in [-0.2, -0.15) is 0 Å². The van der Waals surface area contributed by atoms with E-state index in [2.05, 4.69) is 43.6 Å². The molecule has 21 heavy (non-hydrogen) atoms. The third-order valence-corrected chi connectivity index (χ3v) is 5.24. The summed E-state index contributed by atoms with van der Waals surface area (Å²) in [5.41, 5.74) is 3.01. The molecule has 0 radical (unpaired) electrons. The second-order valence-corrected chi connectivity index (χ2v) is 6.29. The van der Waals surface area contributed by atoms with Gasteiger partial charge in [-0.1, -0.05) is 24.3 Å². The standard InChI is InChI=1S/C18H27NO2/c1-3-21-18(8-10-20-11-9-18)17(19-2)13-15-12-14-6-4-5-7-16(14)15/h4-7,15,17,19H,3,8-13H2,1-2H3. The molecule has 1 aliphatic heterocycles. The lowest BCUT2D eigenvalue weighted by Crippen LogP contribution is -2.55. The molecule has 0 amide bonds. The lowest BCUT2D eigenvalue weighted by atomic mass is 9.71. The number of fused-ring (bicyclic) bond motifs is 1. The summed E-state index contributed by atoms with van der Waals surface area (Å²) >= 11 is 0. The van der Waals surface area contributed by atoms with E-state index in [0.29, 0.717) is 12.0 Å². The van der Waals surface area contributed by atoms with Crippen LogP contribution in [0, 0.1) is 0 Å². The Balaban J connectivity index is 1.72. The molecular weight excluding hydrogens is 262 g/mol. The zero-order chi connectivity index (χ0) is 14.7. The minimum absolute atomic E-state index is 0.0493. The van der Waals surface area contributed by atoms with Gasteiger partial charge in [0.15, 0.2) is 0 Å². The van der Waals surface area contributed by atoms with E-state index < -0.39 is 0 Å². The molecule has 3 heteroatoms. The van der Waals surface area contributed by atoms with Crippen molar-refractivity contribution in [2.24, 2.45) is 0 Å². The quantitative estimate of drug-likeness (QED) is 0.873. The maximum absolute atomic E-state index is 6.24. The fourth-order valence-corrected chi connectivity index (χ4v) is 4.05. The summed E-state index contributed by atoms with van der Waals surface area (Å²) < 4.78 is 11.8. The van der Waals surface area contributed by atoms with Crippen molar-refractivity contribution in [1.29, 1.82) is 0 Å². The third kappa shape index (κ3) is 2.87.